The molecule has 1 aliphatic heterocycles. The van der Waals surface area contributed by atoms with Gasteiger partial charge in [-0.15, -0.1) is 12.4 Å². The number of fused-ring (bicyclic) bond motifs is 1. The molecule has 3 heteroatoms. The van der Waals surface area contributed by atoms with Gasteiger partial charge in [0.1, 0.15) is 0 Å². The van der Waals surface area contributed by atoms with Crippen LogP contribution in [-0.4, -0.2) is 37.6 Å². The van der Waals surface area contributed by atoms with Gasteiger partial charge in [-0.25, -0.2) is 0 Å². The summed E-state index contributed by atoms with van der Waals surface area (Å²) in [6, 6.07) is 9.74. The van der Waals surface area contributed by atoms with Gasteiger partial charge in [0, 0.05) is 12.6 Å². The summed E-state index contributed by atoms with van der Waals surface area (Å²) in [7, 11) is 2.33. The van der Waals surface area contributed by atoms with Crippen LogP contribution in [0.15, 0.2) is 24.3 Å². The number of halogens is 1. The molecule has 1 aromatic carbocycles. The number of hydrogen-bond donors (Lipinski definition) is 1. The molecule has 3 rings (SSSR count). The largest absolute Gasteiger partial charge is 0.317 e. The quantitative estimate of drug-likeness (QED) is 0.922. The molecule has 1 aromatic rings. The molecule has 0 amide bonds. The zero-order valence-electron chi connectivity index (χ0n) is 12.5. The van der Waals surface area contributed by atoms with Gasteiger partial charge < -0.3 is 10.2 Å². The zero-order chi connectivity index (χ0) is 13.1. The number of rotatable bonds is 3. The van der Waals surface area contributed by atoms with E-state index in [-0.39, 0.29) is 12.4 Å². The molecule has 0 radical (unpaired) electrons. The van der Waals surface area contributed by atoms with Crippen molar-refractivity contribution in [2.75, 3.05) is 26.7 Å². The van der Waals surface area contributed by atoms with Crippen molar-refractivity contribution < 1.29 is 0 Å². The number of likely N-dealkylation sites (N-methyl/N-ethyl adjacent to an activating group) is 1. The van der Waals surface area contributed by atoms with Crippen molar-refractivity contribution in [2.45, 2.75) is 38.1 Å². The lowest BCUT2D eigenvalue weighted by Gasteiger charge is -2.35. The SMILES string of the molecule is CN(CC1CCNCC1)C1CCc2ccccc2C1.Cl. The smallest absolute Gasteiger partial charge is 0.0136 e. The first-order valence-corrected chi connectivity index (χ1v) is 7.80. The number of aryl methyl sites for hydroxylation is 1. The Bertz CT molecular complexity index is 415. The van der Waals surface area contributed by atoms with Crippen molar-refractivity contribution in [1.29, 1.82) is 0 Å². The molecule has 1 N–H and O–H groups in total. The van der Waals surface area contributed by atoms with E-state index in [4.69, 9.17) is 0 Å². The van der Waals surface area contributed by atoms with E-state index in [2.05, 4.69) is 41.5 Å². The molecule has 0 saturated carbocycles. The third kappa shape index (κ3) is 3.75. The highest BCUT2D eigenvalue weighted by Gasteiger charge is 2.24. The van der Waals surface area contributed by atoms with Gasteiger partial charge in [0.15, 0.2) is 0 Å². The molecule has 1 atom stereocenters. The predicted octanol–water partition coefficient (Wildman–Crippen LogP) is 2.90. The molecule has 2 nitrogen and oxygen atoms in total. The fourth-order valence-electron chi connectivity index (χ4n) is 3.68. The fourth-order valence-corrected chi connectivity index (χ4v) is 3.68. The topological polar surface area (TPSA) is 15.3 Å². The highest BCUT2D eigenvalue weighted by atomic mass is 35.5. The zero-order valence-corrected chi connectivity index (χ0v) is 13.3. The van der Waals surface area contributed by atoms with Gasteiger partial charge in [-0.2, -0.15) is 0 Å². The highest BCUT2D eigenvalue weighted by molar-refractivity contribution is 5.85. The van der Waals surface area contributed by atoms with Crippen LogP contribution in [0.5, 0.6) is 0 Å². The van der Waals surface area contributed by atoms with Crippen molar-refractivity contribution >= 4 is 12.4 Å². The summed E-state index contributed by atoms with van der Waals surface area (Å²) in [5, 5.41) is 3.46. The maximum Gasteiger partial charge on any atom is 0.0136 e. The fraction of sp³-hybridized carbons (Fsp3) is 0.647. The molecule has 20 heavy (non-hydrogen) atoms. The molecule has 0 bridgehead atoms. The van der Waals surface area contributed by atoms with E-state index >= 15 is 0 Å². The summed E-state index contributed by atoms with van der Waals surface area (Å²) < 4.78 is 0. The van der Waals surface area contributed by atoms with Gasteiger partial charge in [-0.1, -0.05) is 24.3 Å². The molecule has 0 spiro atoms. The van der Waals surface area contributed by atoms with Gasteiger partial charge in [-0.05, 0) is 69.3 Å². The Labute approximate surface area is 129 Å². The van der Waals surface area contributed by atoms with E-state index in [9.17, 15) is 0 Å². The standard InChI is InChI=1S/C17H26N2.ClH/c1-19(13-14-8-10-18-11-9-14)17-7-6-15-4-2-3-5-16(15)12-17;/h2-5,14,17-18H,6-13H2,1H3;1H. The van der Waals surface area contributed by atoms with Crippen molar-refractivity contribution in [3.8, 4) is 0 Å². The molecule has 2 aliphatic rings. The second kappa shape index (κ2) is 7.44. The molecule has 1 aliphatic carbocycles. The van der Waals surface area contributed by atoms with Crippen molar-refractivity contribution in [3.63, 3.8) is 0 Å². The number of nitrogens with zero attached hydrogens (tertiary/aromatic N) is 1. The lowest BCUT2D eigenvalue weighted by Crippen LogP contribution is -2.41. The van der Waals surface area contributed by atoms with Crippen molar-refractivity contribution in [3.05, 3.63) is 35.4 Å². The average Bonchev–Trinajstić information content (AvgIpc) is 2.48. The first-order chi connectivity index (χ1) is 9.33. The minimum absolute atomic E-state index is 0. The van der Waals surface area contributed by atoms with Crippen molar-refractivity contribution in [1.82, 2.24) is 10.2 Å². The van der Waals surface area contributed by atoms with E-state index < -0.39 is 0 Å². The summed E-state index contributed by atoms with van der Waals surface area (Å²) in [4.78, 5) is 2.63. The number of benzene rings is 1. The van der Waals surface area contributed by atoms with E-state index in [0.29, 0.717) is 0 Å². The Kier molecular flexibility index (Phi) is 5.88. The van der Waals surface area contributed by atoms with Gasteiger partial charge in [-0.3, -0.25) is 0 Å². The molecular formula is C17H27ClN2. The molecule has 1 unspecified atom stereocenters. The Balaban J connectivity index is 0.00000147. The van der Waals surface area contributed by atoms with Crippen LogP contribution in [0, 0.1) is 5.92 Å². The van der Waals surface area contributed by atoms with Crippen LogP contribution in [-0.2, 0) is 12.8 Å². The molecular weight excluding hydrogens is 268 g/mol. The van der Waals surface area contributed by atoms with Gasteiger partial charge >= 0.3 is 0 Å². The molecule has 1 heterocycles. The Hall–Kier alpha value is -0.570. The summed E-state index contributed by atoms with van der Waals surface area (Å²) in [6.07, 6.45) is 6.55. The van der Waals surface area contributed by atoms with Crippen molar-refractivity contribution in [2.24, 2.45) is 5.92 Å². The summed E-state index contributed by atoms with van der Waals surface area (Å²) >= 11 is 0. The number of nitrogens with one attached hydrogen (secondary N) is 1. The maximum atomic E-state index is 3.46. The number of piperidine rings is 1. The minimum Gasteiger partial charge on any atom is -0.317 e. The summed E-state index contributed by atoms with van der Waals surface area (Å²) in [5.41, 5.74) is 3.16. The highest BCUT2D eigenvalue weighted by Crippen LogP contribution is 2.25. The van der Waals surface area contributed by atoms with Gasteiger partial charge in [0.2, 0.25) is 0 Å². The van der Waals surface area contributed by atoms with Crippen LogP contribution >= 0.6 is 12.4 Å². The number of hydrogen-bond acceptors (Lipinski definition) is 2. The maximum absolute atomic E-state index is 3.46. The van der Waals surface area contributed by atoms with E-state index in [1.807, 2.05) is 0 Å². The Morgan fingerprint density at radius 1 is 1.10 bits per heavy atom. The molecule has 0 aromatic heterocycles. The lowest BCUT2D eigenvalue weighted by atomic mass is 9.87. The second-order valence-electron chi connectivity index (χ2n) is 6.30. The normalized spacial score (nSPS) is 23.2. The predicted molar refractivity (Wildman–Crippen MR) is 87.7 cm³/mol. The van der Waals surface area contributed by atoms with Gasteiger partial charge in [0.25, 0.3) is 0 Å². The van der Waals surface area contributed by atoms with Crippen LogP contribution in [0.1, 0.15) is 30.4 Å². The molecule has 112 valence electrons. The second-order valence-corrected chi connectivity index (χ2v) is 6.30. The summed E-state index contributed by atoms with van der Waals surface area (Å²) in [5.74, 6) is 0.906. The van der Waals surface area contributed by atoms with Crippen LogP contribution < -0.4 is 5.32 Å². The lowest BCUT2D eigenvalue weighted by molar-refractivity contribution is 0.173. The van der Waals surface area contributed by atoms with E-state index in [1.54, 1.807) is 11.1 Å². The van der Waals surface area contributed by atoms with Gasteiger partial charge in [0.05, 0.1) is 0 Å². The van der Waals surface area contributed by atoms with Crippen LogP contribution in [0.25, 0.3) is 0 Å². The Morgan fingerprint density at radius 2 is 1.80 bits per heavy atom. The minimum atomic E-state index is 0. The Morgan fingerprint density at radius 3 is 2.55 bits per heavy atom. The molecule has 1 saturated heterocycles. The van der Waals surface area contributed by atoms with E-state index in [0.717, 1.165) is 12.0 Å². The first-order valence-electron chi connectivity index (χ1n) is 7.80. The third-order valence-electron chi connectivity index (χ3n) is 4.95. The average molecular weight is 295 g/mol. The van der Waals surface area contributed by atoms with Crippen LogP contribution in [0.3, 0.4) is 0 Å². The monoisotopic (exact) mass is 294 g/mol. The van der Waals surface area contributed by atoms with Crippen LogP contribution in [0.4, 0.5) is 0 Å². The molecule has 1 fully saturated rings. The van der Waals surface area contributed by atoms with Crippen LogP contribution in [0.2, 0.25) is 0 Å². The summed E-state index contributed by atoms with van der Waals surface area (Å²) in [6.45, 7) is 3.71. The first kappa shape index (κ1) is 15.8. The van der Waals surface area contributed by atoms with E-state index in [1.165, 1.54) is 51.7 Å². The third-order valence-corrected chi connectivity index (χ3v) is 4.95.